The lowest BCUT2D eigenvalue weighted by atomic mass is 9.92. The van der Waals surface area contributed by atoms with Gasteiger partial charge in [0.1, 0.15) is 0 Å². The van der Waals surface area contributed by atoms with Gasteiger partial charge in [-0.05, 0) is 52.1 Å². The van der Waals surface area contributed by atoms with Gasteiger partial charge in [-0.1, -0.05) is 6.92 Å². The van der Waals surface area contributed by atoms with E-state index in [1.807, 2.05) is 0 Å². The summed E-state index contributed by atoms with van der Waals surface area (Å²) in [5.41, 5.74) is 0. The fraction of sp³-hybridized carbons (Fsp3) is 0.929. The summed E-state index contributed by atoms with van der Waals surface area (Å²) < 4.78 is 0. The Morgan fingerprint density at radius 2 is 2.17 bits per heavy atom. The Morgan fingerprint density at radius 1 is 1.44 bits per heavy atom. The summed E-state index contributed by atoms with van der Waals surface area (Å²) >= 11 is 0. The molecular formula is C14H27N3O. The number of nitrogens with zero attached hydrogens (tertiary/aromatic N) is 1. The second-order valence-corrected chi connectivity index (χ2v) is 6.04. The molecule has 2 rings (SSSR count). The van der Waals surface area contributed by atoms with Crippen LogP contribution in [-0.2, 0) is 4.79 Å². The minimum Gasteiger partial charge on any atom is -0.353 e. The summed E-state index contributed by atoms with van der Waals surface area (Å²) in [4.78, 5) is 14.5. The van der Waals surface area contributed by atoms with Gasteiger partial charge in [0, 0.05) is 18.6 Å². The van der Waals surface area contributed by atoms with Gasteiger partial charge in [0.2, 0.25) is 5.91 Å². The molecular weight excluding hydrogens is 226 g/mol. The molecule has 3 unspecified atom stereocenters. The van der Waals surface area contributed by atoms with E-state index in [1.54, 1.807) is 0 Å². The maximum absolute atomic E-state index is 12.1. The molecule has 2 fully saturated rings. The molecule has 0 aromatic carbocycles. The van der Waals surface area contributed by atoms with E-state index in [0.717, 1.165) is 25.6 Å². The van der Waals surface area contributed by atoms with Crippen molar-refractivity contribution in [2.75, 3.05) is 20.1 Å². The lowest BCUT2D eigenvalue weighted by molar-refractivity contribution is -0.125. The number of rotatable bonds is 5. The molecule has 2 aliphatic rings. The van der Waals surface area contributed by atoms with Crippen LogP contribution in [0.4, 0.5) is 0 Å². The number of carbonyl (C=O) groups is 1. The van der Waals surface area contributed by atoms with Crippen LogP contribution in [0, 0.1) is 5.92 Å². The maximum Gasteiger partial charge on any atom is 0.237 e. The zero-order valence-corrected chi connectivity index (χ0v) is 11.9. The van der Waals surface area contributed by atoms with Crippen LogP contribution >= 0.6 is 0 Å². The van der Waals surface area contributed by atoms with E-state index in [9.17, 15) is 4.79 Å². The molecule has 104 valence electrons. The van der Waals surface area contributed by atoms with Crippen LogP contribution in [0.25, 0.3) is 0 Å². The molecule has 3 atom stereocenters. The van der Waals surface area contributed by atoms with E-state index in [-0.39, 0.29) is 11.9 Å². The molecule has 0 spiro atoms. The third-order valence-corrected chi connectivity index (χ3v) is 4.44. The van der Waals surface area contributed by atoms with Gasteiger partial charge in [0.05, 0.1) is 6.04 Å². The maximum atomic E-state index is 12.1. The standard InChI is InChI=1S/C14H27N3O/c1-10-5-4-8-15-13(10)14(18)16-9-11(2)17(3)12-6-7-12/h10-13,15H,4-9H2,1-3H3,(H,16,18). The molecule has 1 heterocycles. The van der Waals surface area contributed by atoms with Gasteiger partial charge in [-0.25, -0.2) is 0 Å². The number of likely N-dealkylation sites (N-methyl/N-ethyl adjacent to an activating group) is 1. The van der Waals surface area contributed by atoms with Crippen LogP contribution in [0.2, 0.25) is 0 Å². The smallest absolute Gasteiger partial charge is 0.237 e. The molecule has 1 saturated heterocycles. The second kappa shape index (κ2) is 6.02. The largest absolute Gasteiger partial charge is 0.353 e. The zero-order chi connectivity index (χ0) is 13.1. The van der Waals surface area contributed by atoms with Crippen LogP contribution in [-0.4, -0.2) is 49.1 Å². The van der Waals surface area contributed by atoms with Crippen molar-refractivity contribution in [1.82, 2.24) is 15.5 Å². The highest BCUT2D eigenvalue weighted by atomic mass is 16.2. The van der Waals surface area contributed by atoms with Gasteiger partial charge in [-0.15, -0.1) is 0 Å². The van der Waals surface area contributed by atoms with Gasteiger partial charge >= 0.3 is 0 Å². The van der Waals surface area contributed by atoms with Crippen molar-refractivity contribution in [3.05, 3.63) is 0 Å². The minimum absolute atomic E-state index is 0.0113. The molecule has 2 N–H and O–H groups in total. The Hall–Kier alpha value is -0.610. The van der Waals surface area contributed by atoms with E-state index in [0.29, 0.717) is 12.0 Å². The Balaban J connectivity index is 1.73. The Bertz CT molecular complexity index is 291. The van der Waals surface area contributed by atoms with E-state index in [4.69, 9.17) is 0 Å². The van der Waals surface area contributed by atoms with Gasteiger partial charge in [-0.2, -0.15) is 0 Å². The molecule has 4 nitrogen and oxygen atoms in total. The highest BCUT2D eigenvalue weighted by molar-refractivity contribution is 5.82. The predicted octanol–water partition coefficient (Wildman–Crippen LogP) is 0.973. The molecule has 1 aliphatic heterocycles. The number of hydrogen-bond acceptors (Lipinski definition) is 3. The van der Waals surface area contributed by atoms with Gasteiger partial charge in [0.15, 0.2) is 0 Å². The lowest BCUT2D eigenvalue weighted by Crippen LogP contribution is -2.53. The lowest BCUT2D eigenvalue weighted by Gasteiger charge is -2.30. The molecule has 0 aromatic heterocycles. The highest BCUT2D eigenvalue weighted by Crippen LogP contribution is 2.26. The predicted molar refractivity (Wildman–Crippen MR) is 73.4 cm³/mol. The Labute approximate surface area is 110 Å². The summed E-state index contributed by atoms with van der Waals surface area (Å²) in [6.45, 7) is 6.09. The molecule has 4 heteroatoms. The van der Waals surface area contributed by atoms with E-state index in [1.165, 1.54) is 19.3 Å². The molecule has 1 amide bonds. The molecule has 18 heavy (non-hydrogen) atoms. The number of piperidine rings is 1. The zero-order valence-electron chi connectivity index (χ0n) is 11.9. The number of carbonyl (C=O) groups excluding carboxylic acids is 1. The summed E-state index contributed by atoms with van der Waals surface area (Å²) in [7, 11) is 2.16. The first-order chi connectivity index (χ1) is 8.59. The number of amides is 1. The van der Waals surface area contributed by atoms with Gasteiger partial charge < -0.3 is 10.6 Å². The first kappa shape index (κ1) is 13.8. The average Bonchev–Trinajstić information content (AvgIpc) is 3.19. The van der Waals surface area contributed by atoms with Crippen molar-refractivity contribution in [2.24, 2.45) is 5.92 Å². The topological polar surface area (TPSA) is 44.4 Å². The average molecular weight is 253 g/mol. The van der Waals surface area contributed by atoms with Crippen molar-refractivity contribution in [2.45, 2.75) is 57.7 Å². The molecule has 1 aliphatic carbocycles. The fourth-order valence-electron chi connectivity index (χ4n) is 2.74. The minimum atomic E-state index is 0.0113. The third kappa shape index (κ3) is 3.45. The van der Waals surface area contributed by atoms with Crippen LogP contribution in [0.15, 0.2) is 0 Å². The van der Waals surface area contributed by atoms with Crippen LogP contribution in [0.5, 0.6) is 0 Å². The third-order valence-electron chi connectivity index (χ3n) is 4.44. The van der Waals surface area contributed by atoms with Gasteiger partial charge in [0.25, 0.3) is 0 Å². The number of hydrogen-bond donors (Lipinski definition) is 2. The second-order valence-electron chi connectivity index (χ2n) is 6.04. The van der Waals surface area contributed by atoms with E-state index >= 15 is 0 Å². The first-order valence-electron chi connectivity index (χ1n) is 7.32. The SMILES string of the molecule is CC1CCCNC1C(=O)NCC(C)N(C)C1CC1. The van der Waals surface area contributed by atoms with Crippen molar-refractivity contribution in [1.29, 1.82) is 0 Å². The Morgan fingerprint density at radius 3 is 2.78 bits per heavy atom. The quantitative estimate of drug-likeness (QED) is 0.767. The van der Waals surface area contributed by atoms with Crippen LogP contribution in [0.1, 0.15) is 39.5 Å². The van der Waals surface area contributed by atoms with Gasteiger partial charge in [-0.3, -0.25) is 9.69 Å². The Kier molecular flexibility index (Phi) is 4.62. The highest BCUT2D eigenvalue weighted by Gasteiger charge is 2.30. The number of nitrogens with one attached hydrogen (secondary N) is 2. The molecule has 0 bridgehead atoms. The monoisotopic (exact) mass is 253 g/mol. The van der Waals surface area contributed by atoms with Crippen LogP contribution in [0.3, 0.4) is 0 Å². The normalized spacial score (nSPS) is 30.2. The van der Waals surface area contributed by atoms with Crippen molar-refractivity contribution in [3.8, 4) is 0 Å². The van der Waals surface area contributed by atoms with Crippen molar-refractivity contribution in [3.63, 3.8) is 0 Å². The summed E-state index contributed by atoms with van der Waals surface area (Å²) in [5.74, 6) is 0.633. The van der Waals surface area contributed by atoms with Crippen molar-refractivity contribution >= 4 is 5.91 Å². The summed E-state index contributed by atoms with van der Waals surface area (Å²) in [5, 5.41) is 6.43. The van der Waals surface area contributed by atoms with Crippen LogP contribution < -0.4 is 10.6 Å². The molecule has 0 radical (unpaired) electrons. The van der Waals surface area contributed by atoms with E-state index in [2.05, 4.69) is 36.4 Å². The summed E-state index contributed by atoms with van der Waals surface area (Å²) in [6, 6.07) is 1.20. The molecule has 1 saturated carbocycles. The van der Waals surface area contributed by atoms with Crippen molar-refractivity contribution < 1.29 is 4.79 Å². The first-order valence-corrected chi connectivity index (χ1v) is 7.32. The fourth-order valence-corrected chi connectivity index (χ4v) is 2.74. The van der Waals surface area contributed by atoms with E-state index < -0.39 is 0 Å². The summed E-state index contributed by atoms with van der Waals surface area (Å²) in [6.07, 6.45) is 4.97. The molecule has 0 aromatic rings.